The summed E-state index contributed by atoms with van der Waals surface area (Å²) in [6.07, 6.45) is 1.68. The predicted molar refractivity (Wildman–Crippen MR) is 62.6 cm³/mol. The first-order valence-corrected chi connectivity index (χ1v) is 7.56. The molecule has 0 aliphatic heterocycles. The zero-order chi connectivity index (χ0) is 11.0. The summed E-state index contributed by atoms with van der Waals surface area (Å²) >= 11 is 5.17. The van der Waals surface area contributed by atoms with Crippen molar-refractivity contribution < 1.29 is 14.1 Å². The van der Waals surface area contributed by atoms with Gasteiger partial charge in [-0.2, -0.15) is 0 Å². The van der Waals surface area contributed by atoms with Gasteiger partial charge in [-0.15, -0.1) is 0 Å². The second-order valence-corrected chi connectivity index (χ2v) is 6.42. The van der Waals surface area contributed by atoms with Gasteiger partial charge < -0.3 is 9.26 Å². The van der Waals surface area contributed by atoms with Crippen LogP contribution in [0.4, 0.5) is 0 Å². The van der Waals surface area contributed by atoms with Crippen molar-refractivity contribution in [2.24, 2.45) is 5.92 Å². The third-order valence-corrected chi connectivity index (χ3v) is 3.62. The number of hydrogen-bond acceptors (Lipinski definition) is 4. The van der Waals surface area contributed by atoms with E-state index in [-0.39, 0.29) is 5.97 Å². The van der Waals surface area contributed by atoms with Crippen LogP contribution in [0.2, 0.25) is 0 Å². The summed E-state index contributed by atoms with van der Waals surface area (Å²) in [6.45, 7) is 5.73. The maximum Gasteiger partial charge on any atom is 0.302 e. The van der Waals surface area contributed by atoms with Crippen molar-refractivity contribution in [2.45, 2.75) is 27.2 Å². The summed E-state index contributed by atoms with van der Waals surface area (Å²) in [5, 5.41) is 0. The standard InChI is InChI=1S/C9H19O3PS/c1-8(2)7-12-13(14)6-4-5-11-9(3)10/h8,13H,4-7H2,1-3H3. The highest BCUT2D eigenvalue weighted by Crippen LogP contribution is 2.24. The van der Waals surface area contributed by atoms with Crippen molar-refractivity contribution in [1.82, 2.24) is 0 Å². The first-order valence-electron chi connectivity index (χ1n) is 4.81. The number of carbonyl (C=O) groups excluding carboxylic acids is 1. The Hall–Kier alpha value is 0.0800. The average molecular weight is 238 g/mol. The lowest BCUT2D eigenvalue weighted by Crippen LogP contribution is -2.02. The Kier molecular flexibility index (Phi) is 8.44. The van der Waals surface area contributed by atoms with Crippen LogP contribution < -0.4 is 0 Å². The first-order chi connectivity index (χ1) is 6.52. The predicted octanol–water partition coefficient (Wildman–Crippen LogP) is 2.20. The van der Waals surface area contributed by atoms with Crippen molar-refractivity contribution in [3.63, 3.8) is 0 Å². The lowest BCUT2D eigenvalue weighted by atomic mass is 10.2. The third kappa shape index (κ3) is 10.2. The maximum atomic E-state index is 10.4. The van der Waals surface area contributed by atoms with E-state index in [0.717, 1.165) is 19.2 Å². The smallest absolute Gasteiger partial charge is 0.302 e. The van der Waals surface area contributed by atoms with Crippen molar-refractivity contribution in [3.8, 4) is 0 Å². The van der Waals surface area contributed by atoms with E-state index < -0.39 is 6.92 Å². The molecule has 0 radical (unpaired) electrons. The van der Waals surface area contributed by atoms with Gasteiger partial charge in [-0.3, -0.25) is 4.79 Å². The number of carbonyl (C=O) groups is 1. The number of rotatable bonds is 7. The molecule has 0 saturated heterocycles. The zero-order valence-corrected chi connectivity index (χ0v) is 10.9. The van der Waals surface area contributed by atoms with E-state index in [1.807, 2.05) is 0 Å². The Balaban J connectivity index is 3.31. The van der Waals surface area contributed by atoms with Crippen LogP contribution in [0.25, 0.3) is 0 Å². The van der Waals surface area contributed by atoms with Crippen molar-refractivity contribution >= 4 is 24.7 Å². The quantitative estimate of drug-likeness (QED) is 0.387. The molecule has 1 atom stereocenters. The Labute approximate surface area is 91.7 Å². The summed E-state index contributed by atoms with van der Waals surface area (Å²) in [5.74, 6) is 0.303. The summed E-state index contributed by atoms with van der Waals surface area (Å²) in [4.78, 5) is 10.4. The molecule has 0 amide bonds. The largest absolute Gasteiger partial charge is 0.466 e. The van der Waals surface area contributed by atoms with Gasteiger partial charge in [-0.1, -0.05) is 25.7 Å². The van der Waals surface area contributed by atoms with Gasteiger partial charge in [-0.25, -0.2) is 0 Å². The van der Waals surface area contributed by atoms with Crippen LogP contribution in [0.15, 0.2) is 0 Å². The first kappa shape index (κ1) is 14.1. The molecule has 0 fully saturated rings. The normalized spacial score (nSPS) is 12.9. The molecule has 0 spiro atoms. The van der Waals surface area contributed by atoms with Gasteiger partial charge in [-0.05, 0) is 18.5 Å². The van der Waals surface area contributed by atoms with Crippen molar-refractivity contribution in [1.29, 1.82) is 0 Å². The minimum absolute atomic E-state index is 0.230. The minimum atomic E-state index is -1.09. The maximum absolute atomic E-state index is 10.4. The van der Waals surface area contributed by atoms with Gasteiger partial charge in [0.1, 0.15) is 0 Å². The van der Waals surface area contributed by atoms with E-state index in [0.29, 0.717) is 12.5 Å². The Morgan fingerprint density at radius 1 is 1.50 bits per heavy atom. The highest BCUT2D eigenvalue weighted by molar-refractivity contribution is 8.02. The van der Waals surface area contributed by atoms with E-state index in [1.165, 1.54) is 6.92 Å². The molecule has 0 aromatic rings. The molecule has 0 aromatic carbocycles. The van der Waals surface area contributed by atoms with Gasteiger partial charge in [0, 0.05) is 6.92 Å². The van der Waals surface area contributed by atoms with E-state index in [9.17, 15) is 4.79 Å². The molecule has 5 heteroatoms. The SMILES string of the molecule is CC(=O)OCCC[PH](=S)OCC(C)C. The highest BCUT2D eigenvalue weighted by atomic mass is 32.4. The molecular formula is C9H19O3PS. The number of esters is 1. The summed E-state index contributed by atoms with van der Waals surface area (Å²) in [5.41, 5.74) is 0. The summed E-state index contributed by atoms with van der Waals surface area (Å²) in [7, 11) is 0. The molecule has 14 heavy (non-hydrogen) atoms. The van der Waals surface area contributed by atoms with Crippen molar-refractivity contribution in [3.05, 3.63) is 0 Å². The summed E-state index contributed by atoms with van der Waals surface area (Å²) < 4.78 is 10.3. The van der Waals surface area contributed by atoms with Crippen molar-refractivity contribution in [2.75, 3.05) is 19.4 Å². The number of ether oxygens (including phenoxy) is 1. The topological polar surface area (TPSA) is 35.5 Å². The second kappa shape index (κ2) is 8.39. The van der Waals surface area contributed by atoms with Crippen LogP contribution in [-0.4, -0.2) is 25.3 Å². The van der Waals surface area contributed by atoms with Crippen LogP contribution in [0.1, 0.15) is 27.2 Å². The van der Waals surface area contributed by atoms with Gasteiger partial charge in [0.15, 0.2) is 0 Å². The molecule has 3 nitrogen and oxygen atoms in total. The van der Waals surface area contributed by atoms with E-state index in [4.69, 9.17) is 21.1 Å². The molecule has 0 bridgehead atoms. The van der Waals surface area contributed by atoms with Gasteiger partial charge >= 0.3 is 5.97 Å². The highest BCUT2D eigenvalue weighted by Gasteiger charge is 1.99. The van der Waals surface area contributed by atoms with Crippen LogP contribution in [-0.2, 0) is 25.9 Å². The Bertz CT molecular complexity index is 194. The van der Waals surface area contributed by atoms with Crippen LogP contribution in [0, 0.1) is 5.92 Å². The fourth-order valence-corrected chi connectivity index (χ4v) is 2.50. The lowest BCUT2D eigenvalue weighted by Gasteiger charge is -2.08. The fraction of sp³-hybridized carbons (Fsp3) is 0.889. The lowest BCUT2D eigenvalue weighted by molar-refractivity contribution is -0.140. The van der Waals surface area contributed by atoms with Crippen LogP contribution >= 0.6 is 6.92 Å². The minimum Gasteiger partial charge on any atom is -0.466 e. The van der Waals surface area contributed by atoms with E-state index in [2.05, 4.69) is 13.8 Å². The molecular weight excluding hydrogens is 219 g/mol. The molecule has 0 N–H and O–H groups in total. The summed E-state index contributed by atoms with van der Waals surface area (Å²) in [6, 6.07) is 0. The van der Waals surface area contributed by atoms with E-state index in [1.54, 1.807) is 0 Å². The molecule has 0 aromatic heterocycles. The third-order valence-electron chi connectivity index (χ3n) is 1.41. The molecule has 0 aliphatic carbocycles. The molecule has 84 valence electrons. The fourth-order valence-electron chi connectivity index (χ4n) is 0.764. The van der Waals surface area contributed by atoms with Crippen LogP contribution in [0.3, 0.4) is 0 Å². The number of hydrogen-bond donors (Lipinski definition) is 0. The molecule has 0 aliphatic rings. The van der Waals surface area contributed by atoms with Crippen LogP contribution in [0.5, 0.6) is 0 Å². The second-order valence-electron chi connectivity index (χ2n) is 3.52. The monoisotopic (exact) mass is 238 g/mol. The molecule has 0 heterocycles. The molecule has 0 saturated carbocycles. The van der Waals surface area contributed by atoms with Gasteiger partial charge in [0.2, 0.25) is 0 Å². The Morgan fingerprint density at radius 2 is 2.14 bits per heavy atom. The molecule has 0 rings (SSSR count). The Morgan fingerprint density at radius 3 is 2.64 bits per heavy atom. The average Bonchev–Trinajstić information content (AvgIpc) is 2.08. The molecule has 1 unspecified atom stereocenters. The van der Waals surface area contributed by atoms with Gasteiger partial charge in [0.25, 0.3) is 0 Å². The van der Waals surface area contributed by atoms with Gasteiger partial charge in [0.05, 0.1) is 20.1 Å². The zero-order valence-electron chi connectivity index (χ0n) is 9.04. The van der Waals surface area contributed by atoms with E-state index >= 15 is 0 Å².